The van der Waals surface area contributed by atoms with Gasteiger partial charge in [-0.1, -0.05) is 148 Å². The van der Waals surface area contributed by atoms with Crippen LogP contribution in [0.2, 0.25) is 0 Å². The molecule has 1 aromatic heterocycles. The molecule has 7 fully saturated rings. The predicted molar refractivity (Wildman–Crippen MR) is 282 cm³/mol. The third-order valence-corrected chi connectivity index (χ3v) is 19.6. The van der Waals surface area contributed by atoms with Crippen LogP contribution in [0.3, 0.4) is 0 Å². The third-order valence-electron chi connectivity index (χ3n) is 19.6. The van der Waals surface area contributed by atoms with Crippen molar-refractivity contribution in [1.29, 1.82) is 0 Å². The van der Waals surface area contributed by atoms with Gasteiger partial charge in [0.15, 0.2) is 0 Å². The Morgan fingerprint density at radius 2 is 1.06 bits per heavy atom. The first-order chi connectivity index (χ1) is 33.3. The fourth-order valence-corrected chi connectivity index (χ4v) is 17.1. The molecule has 2 nitrogen and oxygen atoms in total. The van der Waals surface area contributed by atoms with Gasteiger partial charge in [0.25, 0.3) is 0 Å². The topological polar surface area (TPSA) is 8.17 Å². The SMILES string of the molecule is CC1(C)c2ccccc2-c2ccc(N(c3ccc(-c4ccc5c(c4)c4ccccc4n5-c4ccccc4-c4ccccc4)cc3)c3ccc(C45CC6CC7C8CC(CC74)CC5(C)C8C6)cc3)cc21. The molecular formula is C66H58N2. The van der Waals surface area contributed by atoms with Crippen LogP contribution in [0.25, 0.3) is 60.9 Å². The standard InChI is InChI=1S/C66H58N2/c1-64(2)57-18-10-7-16-51(57)52-31-30-49(38-58(52)64)67(48-28-24-46(25-29-48)66-40-42-34-55-54-33-41(36-60(55)66)39-65(66,3)59(54)35-42)47-26-21-43(22-27-47)45-23-32-63-56(37-45)53-17-9-12-20-62(53)68(63)61-19-11-8-15-50(61)44-13-5-4-6-14-44/h4-32,37-38,41-42,54-55,59-60H,33-36,39-40H2,1-3H3. The number of benzene rings is 8. The van der Waals surface area contributed by atoms with Crippen LogP contribution in [-0.4, -0.2) is 4.57 Å². The smallest absolute Gasteiger partial charge is 0.0541 e. The van der Waals surface area contributed by atoms with Crippen molar-refractivity contribution in [2.24, 2.45) is 40.9 Å². The van der Waals surface area contributed by atoms with Crippen molar-refractivity contribution in [1.82, 2.24) is 4.57 Å². The summed E-state index contributed by atoms with van der Waals surface area (Å²) in [4.78, 5) is 2.53. The van der Waals surface area contributed by atoms with Gasteiger partial charge in [-0.3, -0.25) is 0 Å². The van der Waals surface area contributed by atoms with Gasteiger partial charge in [-0.15, -0.1) is 0 Å². The van der Waals surface area contributed by atoms with Crippen molar-refractivity contribution in [2.75, 3.05) is 4.90 Å². The maximum atomic E-state index is 2.76. The van der Waals surface area contributed by atoms with E-state index >= 15 is 0 Å². The van der Waals surface area contributed by atoms with E-state index in [0.717, 1.165) is 35.5 Å². The van der Waals surface area contributed by atoms with Crippen LogP contribution >= 0.6 is 0 Å². The minimum absolute atomic E-state index is 0.0842. The lowest BCUT2D eigenvalue weighted by molar-refractivity contribution is -0.266. The Bertz CT molecular complexity index is 3500. The Morgan fingerprint density at radius 3 is 1.88 bits per heavy atom. The van der Waals surface area contributed by atoms with Gasteiger partial charge in [0.2, 0.25) is 0 Å². The van der Waals surface area contributed by atoms with Crippen molar-refractivity contribution in [2.45, 2.75) is 70.1 Å². The van der Waals surface area contributed by atoms with Crippen LogP contribution in [0.5, 0.6) is 0 Å². The minimum Gasteiger partial charge on any atom is -0.310 e. The first-order valence-corrected chi connectivity index (χ1v) is 25.7. The summed E-state index contributed by atoms with van der Waals surface area (Å²) in [7, 11) is 0. The molecule has 8 unspecified atom stereocenters. The fraction of sp³-hybridized carbons (Fsp3) is 0.273. The largest absolute Gasteiger partial charge is 0.310 e. The molecule has 0 amide bonds. The number of fused-ring (bicyclic) bond motifs is 6. The molecule has 8 aliphatic carbocycles. The van der Waals surface area contributed by atoms with Crippen LogP contribution in [0.1, 0.15) is 76.0 Å². The highest BCUT2D eigenvalue weighted by molar-refractivity contribution is 6.11. The Morgan fingerprint density at radius 1 is 0.441 bits per heavy atom. The highest BCUT2D eigenvalue weighted by Gasteiger charge is 2.75. The van der Waals surface area contributed by atoms with Gasteiger partial charge < -0.3 is 9.47 Å². The maximum absolute atomic E-state index is 2.76. The maximum Gasteiger partial charge on any atom is 0.0541 e. The van der Waals surface area contributed by atoms with E-state index in [1.807, 2.05) is 0 Å². The number of hydrogen-bond donors (Lipinski definition) is 0. The third kappa shape index (κ3) is 5.19. The quantitative estimate of drug-likeness (QED) is 0.155. The van der Waals surface area contributed by atoms with E-state index in [1.54, 1.807) is 5.56 Å². The van der Waals surface area contributed by atoms with Gasteiger partial charge in [-0.05, 0) is 185 Å². The Kier molecular flexibility index (Phi) is 8.09. The lowest BCUT2D eigenvalue weighted by Gasteiger charge is -2.79. The summed E-state index contributed by atoms with van der Waals surface area (Å²) >= 11 is 0. The lowest BCUT2D eigenvalue weighted by atomic mass is 9.25. The van der Waals surface area contributed by atoms with Crippen molar-refractivity contribution in [3.63, 3.8) is 0 Å². The molecule has 8 aromatic carbocycles. The van der Waals surface area contributed by atoms with Crippen LogP contribution < -0.4 is 4.90 Å². The molecule has 0 radical (unpaired) electrons. The van der Waals surface area contributed by atoms with Gasteiger partial charge in [0.1, 0.15) is 0 Å². The van der Waals surface area contributed by atoms with Crippen LogP contribution in [-0.2, 0) is 10.8 Å². The second-order valence-corrected chi connectivity index (χ2v) is 22.8. The number of para-hydroxylation sites is 2. The minimum atomic E-state index is -0.0842. The molecule has 0 saturated heterocycles. The highest BCUT2D eigenvalue weighted by Crippen LogP contribution is 2.80. The van der Waals surface area contributed by atoms with Crippen molar-refractivity contribution < 1.29 is 0 Å². The van der Waals surface area contributed by atoms with Crippen molar-refractivity contribution >= 4 is 38.9 Å². The summed E-state index contributed by atoms with van der Waals surface area (Å²) in [6.45, 7) is 7.56. The fourth-order valence-electron chi connectivity index (χ4n) is 17.1. The van der Waals surface area contributed by atoms with E-state index in [-0.39, 0.29) is 5.41 Å². The predicted octanol–water partition coefficient (Wildman–Crippen LogP) is 17.2. The molecule has 332 valence electrons. The molecular weight excluding hydrogens is 821 g/mol. The van der Waals surface area contributed by atoms with Gasteiger partial charge in [-0.2, -0.15) is 0 Å². The Hall–Kier alpha value is -6.64. The summed E-state index contributed by atoms with van der Waals surface area (Å²) in [5.74, 6) is 5.64. The number of aromatic nitrogens is 1. The average molecular weight is 879 g/mol. The lowest BCUT2D eigenvalue weighted by Crippen LogP contribution is -2.74. The highest BCUT2D eigenvalue weighted by atomic mass is 15.1. The molecule has 8 aliphatic rings. The molecule has 0 spiro atoms. The normalized spacial score (nSPS) is 27.5. The second-order valence-electron chi connectivity index (χ2n) is 22.8. The second kappa shape index (κ2) is 14.0. The van der Waals surface area contributed by atoms with E-state index in [9.17, 15) is 0 Å². The Balaban J connectivity index is 0.834. The summed E-state index contributed by atoms with van der Waals surface area (Å²) in [5.41, 5.74) is 20.1. The van der Waals surface area contributed by atoms with Gasteiger partial charge in [0.05, 0.1) is 16.7 Å². The van der Waals surface area contributed by atoms with Crippen LogP contribution in [0.15, 0.2) is 188 Å². The van der Waals surface area contributed by atoms with Crippen LogP contribution in [0, 0.1) is 40.9 Å². The van der Waals surface area contributed by atoms with E-state index in [2.05, 4.69) is 218 Å². The van der Waals surface area contributed by atoms with E-state index in [1.165, 1.54) is 128 Å². The first-order valence-electron chi connectivity index (χ1n) is 25.7. The molecule has 17 rings (SSSR count). The summed E-state index contributed by atoms with van der Waals surface area (Å²) in [5, 5.41) is 2.53. The average Bonchev–Trinajstić information content (AvgIpc) is 3.83. The zero-order chi connectivity index (χ0) is 45.1. The molecule has 0 N–H and O–H groups in total. The zero-order valence-electron chi connectivity index (χ0n) is 39.5. The van der Waals surface area contributed by atoms with Gasteiger partial charge >= 0.3 is 0 Å². The van der Waals surface area contributed by atoms with E-state index in [0.29, 0.717) is 10.8 Å². The number of nitrogens with zero attached hydrogens (tertiary/aromatic N) is 2. The molecule has 0 aliphatic heterocycles. The summed E-state index contributed by atoms with van der Waals surface area (Å²) in [6.07, 6.45) is 8.88. The molecule has 1 heterocycles. The van der Waals surface area contributed by atoms with Crippen molar-refractivity contribution in [3.8, 4) is 39.1 Å². The molecule has 7 saturated carbocycles. The first kappa shape index (κ1) is 39.4. The molecule has 8 atom stereocenters. The number of rotatable bonds is 7. The summed E-state index contributed by atoms with van der Waals surface area (Å²) < 4.78 is 2.46. The molecule has 9 aromatic rings. The Labute approximate surface area is 401 Å². The van der Waals surface area contributed by atoms with Gasteiger partial charge in [0, 0.05) is 44.2 Å². The monoisotopic (exact) mass is 878 g/mol. The van der Waals surface area contributed by atoms with E-state index in [4.69, 9.17) is 0 Å². The van der Waals surface area contributed by atoms with Crippen molar-refractivity contribution in [3.05, 3.63) is 205 Å². The zero-order valence-corrected chi connectivity index (χ0v) is 39.5. The number of hydrogen-bond acceptors (Lipinski definition) is 1. The van der Waals surface area contributed by atoms with Crippen LogP contribution in [0.4, 0.5) is 17.1 Å². The molecule has 2 heteroatoms. The molecule has 68 heavy (non-hydrogen) atoms. The number of anilines is 3. The van der Waals surface area contributed by atoms with Gasteiger partial charge in [-0.25, -0.2) is 0 Å². The summed E-state index contributed by atoms with van der Waals surface area (Å²) in [6, 6.07) is 71.4. The van der Waals surface area contributed by atoms with E-state index < -0.39 is 0 Å². The molecule has 8 bridgehead atoms.